The minimum absolute atomic E-state index is 0.128. The maximum atomic E-state index is 13.6. The standard InChI is InChI=1S/C12H8BrF2N3O3/c13-6-1-8(14)11(9(15)2-6)12(21)17-7-3-16-18(4-7)5-10(19)20/h1-4H,5H2,(H,17,21)(H,19,20). The van der Waals surface area contributed by atoms with Crippen molar-refractivity contribution < 1.29 is 23.5 Å². The lowest BCUT2D eigenvalue weighted by Crippen LogP contribution is -2.15. The van der Waals surface area contributed by atoms with Crippen LogP contribution in [0, 0.1) is 11.6 Å². The van der Waals surface area contributed by atoms with Crippen LogP contribution in [0.4, 0.5) is 14.5 Å². The van der Waals surface area contributed by atoms with Crippen molar-refractivity contribution in [1.29, 1.82) is 0 Å². The minimum Gasteiger partial charge on any atom is -0.480 e. The van der Waals surface area contributed by atoms with Crippen LogP contribution in [0.2, 0.25) is 0 Å². The lowest BCUT2D eigenvalue weighted by molar-refractivity contribution is -0.137. The van der Waals surface area contributed by atoms with Crippen LogP contribution < -0.4 is 5.32 Å². The molecule has 0 aliphatic heterocycles. The maximum Gasteiger partial charge on any atom is 0.325 e. The van der Waals surface area contributed by atoms with Crippen LogP contribution in [0.25, 0.3) is 0 Å². The van der Waals surface area contributed by atoms with Gasteiger partial charge >= 0.3 is 5.97 Å². The predicted octanol–water partition coefficient (Wildman–Crippen LogP) is 2.26. The highest BCUT2D eigenvalue weighted by atomic mass is 79.9. The Labute approximate surface area is 125 Å². The van der Waals surface area contributed by atoms with E-state index < -0.39 is 35.6 Å². The number of nitrogens with one attached hydrogen (secondary N) is 1. The van der Waals surface area contributed by atoms with Crippen molar-refractivity contribution in [1.82, 2.24) is 9.78 Å². The predicted molar refractivity (Wildman–Crippen MR) is 71.9 cm³/mol. The first-order valence-electron chi connectivity index (χ1n) is 5.57. The van der Waals surface area contributed by atoms with Crippen LogP contribution in [0.3, 0.4) is 0 Å². The molecule has 0 spiro atoms. The number of aliphatic carboxylic acids is 1. The SMILES string of the molecule is O=C(O)Cn1cc(NC(=O)c2c(F)cc(Br)cc2F)cn1. The molecule has 1 heterocycles. The van der Waals surface area contributed by atoms with Gasteiger partial charge < -0.3 is 10.4 Å². The fourth-order valence-corrected chi connectivity index (χ4v) is 2.01. The van der Waals surface area contributed by atoms with E-state index in [1.807, 2.05) is 0 Å². The zero-order valence-corrected chi connectivity index (χ0v) is 11.9. The molecule has 0 bridgehead atoms. The van der Waals surface area contributed by atoms with E-state index >= 15 is 0 Å². The minimum atomic E-state index is -1.11. The summed E-state index contributed by atoms with van der Waals surface area (Å²) in [5.74, 6) is -4.14. The van der Waals surface area contributed by atoms with E-state index in [2.05, 4.69) is 26.3 Å². The molecular formula is C12H8BrF2N3O3. The van der Waals surface area contributed by atoms with Gasteiger partial charge in [0.05, 0.1) is 11.9 Å². The number of aromatic nitrogens is 2. The van der Waals surface area contributed by atoms with Gasteiger partial charge in [-0.2, -0.15) is 5.10 Å². The fraction of sp³-hybridized carbons (Fsp3) is 0.0833. The molecule has 2 N–H and O–H groups in total. The van der Waals surface area contributed by atoms with Gasteiger partial charge in [-0.1, -0.05) is 15.9 Å². The Morgan fingerprint density at radius 2 is 1.95 bits per heavy atom. The average molecular weight is 360 g/mol. The van der Waals surface area contributed by atoms with Crippen molar-refractivity contribution >= 4 is 33.5 Å². The molecule has 0 fully saturated rings. The summed E-state index contributed by atoms with van der Waals surface area (Å²) in [4.78, 5) is 22.3. The summed E-state index contributed by atoms with van der Waals surface area (Å²) in [6.07, 6.45) is 2.41. The molecule has 0 radical (unpaired) electrons. The number of carboxylic acid groups (broad SMARTS) is 1. The molecule has 0 atom stereocenters. The first-order valence-corrected chi connectivity index (χ1v) is 6.36. The van der Waals surface area contributed by atoms with Gasteiger partial charge in [-0.05, 0) is 12.1 Å². The Morgan fingerprint density at radius 1 is 1.33 bits per heavy atom. The van der Waals surface area contributed by atoms with Crippen molar-refractivity contribution in [3.63, 3.8) is 0 Å². The molecule has 0 saturated carbocycles. The summed E-state index contributed by atoms with van der Waals surface area (Å²) in [6.45, 7) is -0.392. The molecule has 110 valence electrons. The lowest BCUT2D eigenvalue weighted by Gasteiger charge is -2.05. The zero-order valence-electron chi connectivity index (χ0n) is 10.3. The van der Waals surface area contributed by atoms with Crippen molar-refractivity contribution in [3.8, 4) is 0 Å². The molecule has 9 heteroatoms. The number of benzene rings is 1. The fourth-order valence-electron chi connectivity index (χ4n) is 1.61. The third kappa shape index (κ3) is 3.63. The van der Waals surface area contributed by atoms with E-state index in [1.165, 1.54) is 12.4 Å². The molecular weight excluding hydrogens is 352 g/mol. The highest BCUT2D eigenvalue weighted by Gasteiger charge is 2.19. The number of amides is 1. The van der Waals surface area contributed by atoms with Crippen LogP contribution in [-0.4, -0.2) is 26.8 Å². The van der Waals surface area contributed by atoms with Gasteiger partial charge in [0, 0.05) is 10.7 Å². The molecule has 2 aromatic rings. The Balaban J connectivity index is 2.18. The summed E-state index contributed by atoms with van der Waals surface area (Å²) in [7, 11) is 0. The van der Waals surface area contributed by atoms with E-state index in [0.717, 1.165) is 16.8 Å². The average Bonchev–Trinajstić information content (AvgIpc) is 2.73. The third-order valence-corrected chi connectivity index (χ3v) is 2.88. The quantitative estimate of drug-likeness (QED) is 0.876. The summed E-state index contributed by atoms with van der Waals surface area (Å²) >= 11 is 2.91. The number of nitrogens with zero attached hydrogens (tertiary/aromatic N) is 2. The summed E-state index contributed by atoms with van der Waals surface area (Å²) in [5.41, 5.74) is -0.604. The van der Waals surface area contributed by atoms with E-state index in [1.54, 1.807) is 0 Å². The smallest absolute Gasteiger partial charge is 0.325 e. The topological polar surface area (TPSA) is 84.2 Å². The van der Waals surface area contributed by atoms with Gasteiger partial charge in [0.15, 0.2) is 0 Å². The number of rotatable bonds is 4. The van der Waals surface area contributed by atoms with Crippen LogP contribution in [-0.2, 0) is 11.3 Å². The van der Waals surface area contributed by atoms with Crippen molar-refractivity contribution in [2.45, 2.75) is 6.54 Å². The highest BCUT2D eigenvalue weighted by molar-refractivity contribution is 9.10. The number of carbonyl (C=O) groups excluding carboxylic acids is 1. The second-order valence-corrected chi connectivity index (χ2v) is 4.93. The van der Waals surface area contributed by atoms with E-state index in [4.69, 9.17) is 5.11 Å². The number of hydrogen-bond acceptors (Lipinski definition) is 3. The molecule has 2 rings (SSSR count). The zero-order chi connectivity index (χ0) is 15.6. The van der Waals surface area contributed by atoms with Gasteiger partial charge in [-0.25, -0.2) is 8.78 Å². The second-order valence-electron chi connectivity index (χ2n) is 4.02. The first-order chi connectivity index (χ1) is 9.86. The second kappa shape index (κ2) is 6.00. The Hall–Kier alpha value is -2.29. The number of hydrogen-bond donors (Lipinski definition) is 2. The normalized spacial score (nSPS) is 10.4. The number of anilines is 1. The molecule has 21 heavy (non-hydrogen) atoms. The van der Waals surface area contributed by atoms with E-state index in [-0.39, 0.29) is 10.2 Å². The highest BCUT2D eigenvalue weighted by Crippen LogP contribution is 2.20. The third-order valence-electron chi connectivity index (χ3n) is 2.42. The van der Waals surface area contributed by atoms with Gasteiger partial charge in [0.1, 0.15) is 23.7 Å². The van der Waals surface area contributed by atoms with Crippen molar-refractivity contribution in [2.75, 3.05) is 5.32 Å². The lowest BCUT2D eigenvalue weighted by atomic mass is 10.2. The van der Waals surface area contributed by atoms with Crippen LogP contribution in [0.5, 0.6) is 0 Å². The molecule has 0 aliphatic rings. The molecule has 1 aromatic carbocycles. The summed E-state index contributed by atoms with van der Waals surface area (Å²) < 4.78 is 28.5. The first kappa shape index (κ1) is 15.1. The Morgan fingerprint density at radius 3 is 2.52 bits per heavy atom. The summed E-state index contributed by atoms with van der Waals surface area (Å²) in [5, 5.41) is 14.5. The van der Waals surface area contributed by atoms with Crippen LogP contribution in [0.1, 0.15) is 10.4 Å². The van der Waals surface area contributed by atoms with Gasteiger partial charge in [-0.3, -0.25) is 14.3 Å². The maximum absolute atomic E-state index is 13.6. The van der Waals surface area contributed by atoms with Crippen molar-refractivity contribution in [3.05, 3.63) is 46.2 Å². The Bertz CT molecular complexity index is 695. The number of halogens is 3. The molecule has 0 saturated heterocycles. The van der Waals surface area contributed by atoms with Gasteiger partial charge in [0.25, 0.3) is 5.91 Å². The number of carboxylic acids is 1. The molecule has 1 aromatic heterocycles. The van der Waals surface area contributed by atoms with Crippen LogP contribution in [0.15, 0.2) is 29.0 Å². The molecule has 0 aliphatic carbocycles. The molecule has 0 unspecified atom stereocenters. The van der Waals surface area contributed by atoms with E-state index in [0.29, 0.717) is 0 Å². The number of carbonyl (C=O) groups is 2. The van der Waals surface area contributed by atoms with Crippen LogP contribution >= 0.6 is 15.9 Å². The largest absolute Gasteiger partial charge is 0.480 e. The van der Waals surface area contributed by atoms with Gasteiger partial charge in [0.2, 0.25) is 0 Å². The summed E-state index contributed by atoms with van der Waals surface area (Å²) in [6, 6.07) is 1.93. The van der Waals surface area contributed by atoms with Gasteiger partial charge in [-0.15, -0.1) is 0 Å². The van der Waals surface area contributed by atoms with E-state index in [9.17, 15) is 18.4 Å². The molecule has 6 nitrogen and oxygen atoms in total. The molecule has 1 amide bonds. The Kier molecular flexibility index (Phi) is 4.32. The van der Waals surface area contributed by atoms with Crippen molar-refractivity contribution in [2.24, 2.45) is 0 Å². The monoisotopic (exact) mass is 359 g/mol.